The molecule has 0 heterocycles. The van der Waals surface area contributed by atoms with E-state index >= 15 is 0 Å². The van der Waals surface area contributed by atoms with Crippen molar-refractivity contribution in [3.63, 3.8) is 0 Å². The molecule has 0 aromatic heterocycles. The molecule has 2 N–H and O–H groups in total. The Kier molecular flexibility index (Phi) is 3.28. The Bertz CT molecular complexity index is 216. The van der Waals surface area contributed by atoms with E-state index in [2.05, 4.69) is 17.6 Å². The first-order valence-electron chi connectivity index (χ1n) is 4.66. The van der Waals surface area contributed by atoms with Gasteiger partial charge in [-0.2, -0.15) is 0 Å². The lowest BCUT2D eigenvalue weighted by atomic mass is 10.1. The summed E-state index contributed by atoms with van der Waals surface area (Å²) >= 11 is 0. The Balaban J connectivity index is 2.24. The lowest BCUT2D eigenvalue weighted by molar-refractivity contribution is -0.117. The van der Waals surface area contributed by atoms with Crippen LogP contribution < -0.4 is 10.6 Å². The summed E-state index contributed by atoms with van der Waals surface area (Å²) in [6, 6.07) is -0.124. The summed E-state index contributed by atoms with van der Waals surface area (Å²) in [5, 5.41) is 4.97. The highest BCUT2D eigenvalue weighted by Crippen LogP contribution is 2.24. The second kappa shape index (κ2) is 4.25. The molecule has 1 rings (SSSR count). The van der Waals surface area contributed by atoms with Crippen LogP contribution in [0.4, 0.5) is 4.79 Å². The molecule has 0 saturated heterocycles. The first-order chi connectivity index (χ1) is 6.08. The third kappa shape index (κ3) is 3.44. The van der Waals surface area contributed by atoms with Crippen molar-refractivity contribution in [2.75, 3.05) is 0 Å². The molecule has 2 atom stereocenters. The fraction of sp³-hybridized carbons (Fsp3) is 0.778. The molecule has 0 radical (unpaired) electrons. The molecule has 0 aromatic rings. The molecule has 3 amide bonds. The zero-order valence-corrected chi connectivity index (χ0v) is 8.09. The van der Waals surface area contributed by atoms with Gasteiger partial charge in [0.1, 0.15) is 0 Å². The van der Waals surface area contributed by atoms with Gasteiger partial charge in [-0.3, -0.25) is 10.1 Å². The van der Waals surface area contributed by atoms with Crippen molar-refractivity contribution in [1.29, 1.82) is 0 Å². The maximum absolute atomic E-state index is 11.1. The van der Waals surface area contributed by atoms with Crippen molar-refractivity contribution in [2.45, 2.75) is 39.2 Å². The lowest BCUT2D eigenvalue weighted by Crippen LogP contribution is -2.42. The summed E-state index contributed by atoms with van der Waals surface area (Å²) in [5.41, 5.74) is 0. The molecule has 1 fully saturated rings. The highest BCUT2D eigenvalue weighted by molar-refractivity contribution is 5.93. The van der Waals surface area contributed by atoms with Gasteiger partial charge in [-0.25, -0.2) is 4.79 Å². The fourth-order valence-electron chi connectivity index (χ4n) is 1.72. The van der Waals surface area contributed by atoms with Crippen LogP contribution in [0.5, 0.6) is 0 Å². The van der Waals surface area contributed by atoms with Crippen LogP contribution in [0.25, 0.3) is 0 Å². The number of urea groups is 1. The molecule has 4 nitrogen and oxygen atoms in total. The van der Waals surface area contributed by atoms with Crippen LogP contribution in [0.15, 0.2) is 0 Å². The molecule has 0 spiro atoms. The van der Waals surface area contributed by atoms with Crippen molar-refractivity contribution in [1.82, 2.24) is 10.6 Å². The first kappa shape index (κ1) is 10.0. The van der Waals surface area contributed by atoms with Crippen LogP contribution in [0.3, 0.4) is 0 Å². The topological polar surface area (TPSA) is 58.2 Å². The van der Waals surface area contributed by atoms with E-state index in [9.17, 15) is 9.59 Å². The van der Waals surface area contributed by atoms with Gasteiger partial charge in [-0.1, -0.05) is 6.92 Å². The standard InChI is InChI=1S/C9H16N2O2/c1-6-3-4-8(5-6)11-9(13)10-7(2)12/h6,8H,3-5H2,1-2H3,(H2,10,11,12,13). The Labute approximate surface area is 78.1 Å². The molecular weight excluding hydrogens is 168 g/mol. The minimum absolute atomic E-state index is 0.245. The number of hydrogen-bond donors (Lipinski definition) is 2. The molecule has 0 aromatic carbocycles. The highest BCUT2D eigenvalue weighted by atomic mass is 16.2. The summed E-state index contributed by atoms with van der Waals surface area (Å²) in [5.74, 6) is 0.367. The smallest absolute Gasteiger partial charge is 0.321 e. The van der Waals surface area contributed by atoms with Gasteiger partial charge < -0.3 is 5.32 Å². The molecular formula is C9H16N2O2. The van der Waals surface area contributed by atoms with E-state index in [1.165, 1.54) is 6.92 Å². The third-order valence-corrected chi connectivity index (χ3v) is 2.32. The molecule has 0 bridgehead atoms. The summed E-state index contributed by atoms with van der Waals surface area (Å²) < 4.78 is 0. The van der Waals surface area contributed by atoms with Crippen LogP contribution in [-0.4, -0.2) is 18.0 Å². The quantitative estimate of drug-likeness (QED) is 0.639. The van der Waals surface area contributed by atoms with E-state index in [0.29, 0.717) is 5.92 Å². The Hall–Kier alpha value is -1.06. The number of nitrogens with one attached hydrogen (secondary N) is 2. The van der Waals surface area contributed by atoms with Crippen molar-refractivity contribution < 1.29 is 9.59 Å². The Morgan fingerprint density at radius 2 is 2.00 bits per heavy atom. The van der Waals surface area contributed by atoms with E-state index in [4.69, 9.17) is 0 Å². The van der Waals surface area contributed by atoms with Crippen molar-refractivity contribution >= 4 is 11.9 Å². The van der Waals surface area contributed by atoms with Gasteiger partial charge in [0.25, 0.3) is 0 Å². The molecule has 2 unspecified atom stereocenters. The normalized spacial score (nSPS) is 26.9. The fourth-order valence-corrected chi connectivity index (χ4v) is 1.72. The van der Waals surface area contributed by atoms with Gasteiger partial charge in [-0.15, -0.1) is 0 Å². The van der Waals surface area contributed by atoms with Crippen LogP contribution in [0.2, 0.25) is 0 Å². The predicted octanol–water partition coefficient (Wildman–Crippen LogP) is 1.02. The van der Waals surface area contributed by atoms with Gasteiger partial charge in [0.05, 0.1) is 0 Å². The SMILES string of the molecule is CC(=O)NC(=O)NC1CCC(C)C1. The molecule has 13 heavy (non-hydrogen) atoms. The van der Waals surface area contributed by atoms with Gasteiger partial charge in [0.15, 0.2) is 0 Å². The largest absolute Gasteiger partial charge is 0.335 e. The maximum atomic E-state index is 11.1. The minimum atomic E-state index is -0.369. The van der Waals surface area contributed by atoms with Crippen molar-refractivity contribution in [2.24, 2.45) is 5.92 Å². The molecule has 1 saturated carbocycles. The Morgan fingerprint density at radius 3 is 2.46 bits per heavy atom. The molecule has 0 aliphatic heterocycles. The number of rotatable bonds is 1. The summed E-state index contributed by atoms with van der Waals surface area (Å²) in [6.45, 7) is 3.50. The van der Waals surface area contributed by atoms with Gasteiger partial charge in [0.2, 0.25) is 5.91 Å². The molecule has 74 valence electrons. The average molecular weight is 184 g/mol. The van der Waals surface area contributed by atoms with E-state index in [1.807, 2.05) is 0 Å². The Morgan fingerprint density at radius 1 is 1.31 bits per heavy atom. The molecule has 4 heteroatoms. The van der Waals surface area contributed by atoms with Gasteiger partial charge in [-0.05, 0) is 25.2 Å². The van der Waals surface area contributed by atoms with Crippen LogP contribution >= 0.6 is 0 Å². The number of hydrogen-bond acceptors (Lipinski definition) is 2. The van der Waals surface area contributed by atoms with E-state index in [-0.39, 0.29) is 18.0 Å². The summed E-state index contributed by atoms with van der Waals surface area (Å²) in [7, 11) is 0. The van der Waals surface area contributed by atoms with Crippen LogP contribution in [-0.2, 0) is 4.79 Å². The maximum Gasteiger partial charge on any atom is 0.321 e. The highest BCUT2D eigenvalue weighted by Gasteiger charge is 2.22. The number of carbonyl (C=O) groups is 2. The zero-order valence-electron chi connectivity index (χ0n) is 8.09. The van der Waals surface area contributed by atoms with Crippen LogP contribution in [0, 0.1) is 5.92 Å². The number of carbonyl (C=O) groups excluding carboxylic acids is 2. The summed E-state index contributed by atoms with van der Waals surface area (Å²) in [6.07, 6.45) is 3.20. The van der Waals surface area contributed by atoms with Gasteiger partial charge >= 0.3 is 6.03 Å². The lowest BCUT2D eigenvalue weighted by Gasteiger charge is -2.11. The average Bonchev–Trinajstić information content (AvgIpc) is 2.33. The third-order valence-electron chi connectivity index (χ3n) is 2.32. The van der Waals surface area contributed by atoms with Crippen molar-refractivity contribution in [3.05, 3.63) is 0 Å². The number of imide groups is 1. The summed E-state index contributed by atoms with van der Waals surface area (Å²) in [4.78, 5) is 21.6. The zero-order chi connectivity index (χ0) is 9.84. The first-order valence-corrected chi connectivity index (χ1v) is 4.66. The minimum Gasteiger partial charge on any atom is -0.335 e. The molecule has 1 aliphatic carbocycles. The second-order valence-electron chi connectivity index (χ2n) is 3.77. The van der Waals surface area contributed by atoms with Crippen molar-refractivity contribution in [3.8, 4) is 0 Å². The monoisotopic (exact) mass is 184 g/mol. The number of amides is 3. The van der Waals surface area contributed by atoms with E-state index < -0.39 is 0 Å². The predicted molar refractivity (Wildman–Crippen MR) is 49.2 cm³/mol. The van der Waals surface area contributed by atoms with Crippen LogP contribution in [0.1, 0.15) is 33.1 Å². The van der Waals surface area contributed by atoms with E-state index in [0.717, 1.165) is 19.3 Å². The van der Waals surface area contributed by atoms with Gasteiger partial charge in [0, 0.05) is 13.0 Å². The van der Waals surface area contributed by atoms with E-state index in [1.54, 1.807) is 0 Å². The second-order valence-corrected chi connectivity index (χ2v) is 3.77. The molecule has 1 aliphatic rings.